The zero-order valence-corrected chi connectivity index (χ0v) is 23.4. The van der Waals surface area contributed by atoms with Gasteiger partial charge in [0.25, 0.3) is 0 Å². The zero-order chi connectivity index (χ0) is 28.8. The number of rotatable bonds is 6. The number of carbonyl (C=O) groups excluding carboxylic acids is 2. The van der Waals surface area contributed by atoms with E-state index in [2.05, 4.69) is 5.32 Å². The minimum absolute atomic E-state index is 0.194. The molecule has 9 nitrogen and oxygen atoms in total. The summed E-state index contributed by atoms with van der Waals surface area (Å²) in [4.78, 5) is 29.2. The zero-order valence-electron chi connectivity index (χ0n) is 22.6. The Hall–Kier alpha value is -3.25. The lowest BCUT2D eigenvalue weighted by Crippen LogP contribution is -2.54. The second-order valence-electron chi connectivity index (χ2n) is 10.8. The quantitative estimate of drug-likeness (QED) is 0.494. The molecule has 212 valence electrons. The van der Waals surface area contributed by atoms with Gasteiger partial charge in [-0.1, -0.05) is 0 Å². The monoisotopic (exact) mass is 565 g/mol. The largest absolute Gasteiger partial charge is 0.489 e. The Kier molecular flexibility index (Phi) is 7.65. The van der Waals surface area contributed by atoms with Gasteiger partial charge in [0, 0.05) is 18.7 Å². The maximum Gasteiger partial charge on any atom is 0.414 e. The molecule has 0 radical (unpaired) electrons. The van der Waals surface area contributed by atoms with Crippen LogP contribution in [0.1, 0.15) is 53.0 Å². The molecule has 39 heavy (non-hydrogen) atoms. The van der Waals surface area contributed by atoms with E-state index in [4.69, 9.17) is 9.47 Å². The molecule has 2 amide bonds. The maximum absolute atomic E-state index is 15.0. The predicted octanol–water partition coefficient (Wildman–Crippen LogP) is 4.96. The lowest BCUT2D eigenvalue weighted by atomic mass is 9.88. The molecule has 0 spiro atoms. The normalized spacial score (nSPS) is 21.7. The third-order valence-electron chi connectivity index (χ3n) is 6.93. The maximum atomic E-state index is 15.0. The average Bonchev–Trinajstić information content (AvgIpc) is 3.09. The number of amides is 2. The van der Waals surface area contributed by atoms with Crippen LogP contribution in [-0.2, 0) is 25.3 Å². The minimum atomic E-state index is -4.82. The van der Waals surface area contributed by atoms with E-state index in [0.717, 1.165) is 12.1 Å². The molecule has 0 aliphatic carbocycles. The topological polar surface area (TPSA) is 105 Å². The Labute approximate surface area is 227 Å². The molecule has 2 aromatic rings. The van der Waals surface area contributed by atoms with Crippen molar-refractivity contribution in [2.45, 2.75) is 69.6 Å². The van der Waals surface area contributed by atoms with Crippen molar-refractivity contribution in [2.75, 3.05) is 29.9 Å². The Morgan fingerprint density at radius 3 is 2.49 bits per heavy atom. The number of nitrogens with one attached hydrogen (secondary N) is 1. The Morgan fingerprint density at radius 2 is 1.90 bits per heavy atom. The molecule has 0 saturated carbocycles. The average molecular weight is 566 g/mol. The number of carbonyl (C=O) groups is 2. The molecular weight excluding hydrogens is 532 g/mol. The van der Waals surface area contributed by atoms with Gasteiger partial charge in [0.15, 0.2) is 0 Å². The highest BCUT2D eigenvalue weighted by molar-refractivity contribution is 7.86. The first kappa shape index (κ1) is 28.8. The van der Waals surface area contributed by atoms with Crippen molar-refractivity contribution in [1.29, 1.82) is 0 Å². The summed E-state index contributed by atoms with van der Waals surface area (Å²) < 4.78 is 61.9. The molecular formula is C27H33F2N3O6S. The van der Waals surface area contributed by atoms with E-state index in [1.54, 1.807) is 34.6 Å². The van der Waals surface area contributed by atoms with Crippen molar-refractivity contribution in [3.63, 3.8) is 0 Å². The van der Waals surface area contributed by atoms with Crippen LogP contribution in [0.4, 0.5) is 24.4 Å². The smallest absolute Gasteiger partial charge is 0.414 e. The third kappa shape index (κ3) is 5.86. The fraction of sp³-hybridized carbons (Fsp3) is 0.481. The highest BCUT2D eigenvalue weighted by Gasteiger charge is 2.50. The van der Waals surface area contributed by atoms with Gasteiger partial charge >= 0.3 is 16.3 Å². The molecule has 2 aliphatic heterocycles. The van der Waals surface area contributed by atoms with Gasteiger partial charge < -0.3 is 14.8 Å². The van der Waals surface area contributed by atoms with Crippen molar-refractivity contribution in [3.8, 4) is 5.75 Å². The van der Waals surface area contributed by atoms with Crippen LogP contribution < -0.4 is 15.0 Å². The summed E-state index contributed by atoms with van der Waals surface area (Å²) in [5, 5.41) is 2.87. The summed E-state index contributed by atoms with van der Waals surface area (Å²) in [5.74, 6) is -0.594. The van der Waals surface area contributed by atoms with Crippen LogP contribution in [0, 0.1) is 5.82 Å². The van der Waals surface area contributed by atoms with Crippen molar-refractivity contribution in [3.05, 3.63) is 47.8 Å². The van der Waals surface area contributed by atoms with Crippen LogP contribution in [0.2, 0.25) is 0 Å². The summed E-state index contributed by atoms with van der Waals surface area (Å²) >= 11 is 0. The number of likely N-dealkylation sites (tertiary alicyclic amines) is 1. The molecule has 2 heterocycles. The van der Waals surface area contributed by atoms with Crippen molar-refractivity contribution >= 4 is 33.6 Å². The highest BCUT2D eigenvalue weighted by Crippen LogP contribution is 2.47. The molecule has 0 bridgehead atoms. The molecule has 1 N–H and O–H groups in total. The molecule has 12 heteroatoms. The van der Waals surface area contributed by atoms with Gasteiger partial charge in [0.05, 0.1) is 16.3 Å². The first-order valence-electron chi connectivity index (χ1n) is 12.8. The Bertz CT molecular complexity index is 1380. The second kappa shape index (κ2) is 10.4. The number of hydrogen-bond donors (Lipinski definition) is 1. The van der Waals surface area contributed by atoms with Crippen molar-refractivity contribution in [1.82, 2.24) is 4.90 Å². The number of piperidine rings is 1. The van der Waals surface area contributed by atoms with Crippen LogP contribution in [0.5, 0.6) is 5.75 Å². The minimum Gasteiger partial charge on any atom is -0.489 e. The van der Waals surface area contributed by atoms with E-state index in [1.165, 1.54) is 29.2 Å². The summed E-state index contributed by atoms with van der Waals surface area (Å²) in [6, 6.07) is 7.52. The first-order valence-corrected chi connectivity index (χ1v) is 14.1. The number of anilines is 2. The first-order chi connectivity index (χ1) is 18.1. The van der Waals surface area contributed by atoms with E-state index >= 15 is 4.39 Å². The van der Waals surface area contributed by atoms with E-state index in [9.17, 15) is 21.9 Å². The van der Waals surface area contributed by atoms with Gasteiger partial charge in [0.1, 0.15) is 28.8 Å². The predicted molar refractivity (Wildman–Crippen MR) is 142 cm³/mol. The molecule has 2 atom stereocenters. The van der Waals surface area contributed by atoms with E-state index < -0.39 is 38.2 Å². The molecule has 1 fully saturated rings. The molecule has 4 rings (SSSR count). The van der Waals surface area contributed by atoms with Gasteiger partial charge in [-0.2, -0.15) is 8.42 Å². The van der Waals surface area contributed by atoms with Gasteiger partial charge in [-0.3, -0.25) is 14.6 Å². The SMILES string of the molecule is CCN(C(=O)OC(C)(C)C)c1cc(F)cc2c1NC(=O)C2(C)N1CCC[C@@H](Oc2ccc(S(=O)(=O)F)cc2)C1. The lowest BCUT2D eigenvalue weighted by Gasteiger charge is -2.42. The van der Waals surface area contributed by atoms with Gasteiger partial charge in [-0.15, -0.1) is 3.89 Å². The van der Waals surface area contributed by atoms with E-state index in [1.807, 2.05) is 4.90 Å². The number of halogens is 2. The summed E-state index contributed by atoms with van der Waals surface area (Å²) in [6.45, 7) is 9.71. The molecule has 2 aliphatic rings. The standard InChI is InChI=1S/C27H33F2N3O6S/c1-6-32(25(34)38-26(2,3)4)22-15-17(28)14-21-23(22)30-24(33)27(21,5)31-13-7-8-19(16-31)37-18-9-11-20(12-10-18)39(29,35)36/h9-12,14-15,19H,6-8,13,16H2,1-5H3,(H,30,33)/t19-,27?/m1/s1. The summed E-state index contributed by atoms with van der Waals surface area (Å²) in [7, 11) is -4.82. The van der Waals surface area contributed by atoms with Crippen molar-refractivity contribution < 1.29 is 35.8 Å². The van der Waals surface area contributed by atoms with Crippen molar-refractivity contribution in [2.24, 2.45) is 0 Å². The fourth-order valence-corrected chi connectivity index (χ4v) is 5.48. The summed E-state index contributed by atoms with van der Waals surface area (Å²) in [5.41, 5.74) is -1.03. The Morgan fingerprint density at radius 1 is 1.23 bits per heavy atom. The molecule has 2 aromatic carbocycles. The van der Waals surface area contributed by atoms with Gasteiger partial charge in [0.2, 0.25) is 5.91 Å². The van der Waals surface area contributed by atoms with Crippen LogP contribution in [0.3, 0.4) is 0 Å². The van der Waals surface area contributed by atoms with Crippen LogP contribution in [-0.4, -0.2) is 56.7 Å². The number of hydrogen-bond acceptors (Lipinski definition) is 7. The number of fused-ring (bicyclic) bond motifs is 1. The summed E-state index contributed by atoms with van der Waals surface area (Å²) in [6.07, 6.45) is 0.336. The number of benzene rings is 2. The molecule has 1 saturated heterocycles. The third-order valence-corrected chi connectivity index (χ3v) is 7.76. The number of ether oxygens (including phenoxy) is 2. The van der Waals surface area contributed by atoms with Crippen LogP contribution in [0.25, 0.3) is 0 Å². The number of nitrogens with zero attached hydrogens (tertiary/aromatic N) is 2. The van der Waals surface area contributed by atoms with Gasteiger partial charge in [-0.05, 0) is 90.4 Å². The van der Waals surface area contributed by atoms with Gasteiger partial charge in [-0.25, -0.2) is 9.18 Å². The van der Waals surface area contributed by atoms with Crippen LogP contribution in [0.15, 0.2) is 41.3 Å². The Balaban J connectivity index is 1.62. The fourth-order valence-electron chi connectivity index (χ4n) is 5.02. The molecule has 0 aromatic heterocycles. The van der Waals surface area contributed by atoms with E-state index in [-0.39, 0.29) is 24.2 Å². The molecule has 1 unspecified atom stereocenters. The second-order valence-corrected chi connectivity index (χ2v) is 12.2. The lowest BCUT2D eigenvalue weighted by molar-refractivity contribution is -0.128. The highest BCUT2D eigenvalue weighted by atomic mass is 32.3. The van der Waals surface area contributed by atoms with E-state index in [0.29, 0.717) is 42.9 Å². The van der Waals surface area contributed by atoms with Crippen LogP contribution >= 0.6 is 0 Å².